The summed E-state index contributed by atoms with van der Waals surface area (Å²) in [6.45, 7) is 4.14. The van der Waals surface area contributed by atoms with Crippen molar-refractivity contribution in [2.45, 2.75) is 25.8 Å². The van der Waals surface area contributed by atoms with Crippen LogP contribution in [0.15, 0.2) is 17.2 Å². The van der Waals surface area contributed by atoms with Crippen molar-refractivity contribution < 1.29 is 4.74 Å². The van der Waals surface area contributed by atoms with E-state index in [4.69, 9.17) is 4.74 Å². The molecule has 0 aromatic carbocycles. The molecule has 1 aromatic heterocycles. The summed E-state index contributed by atoms with van der Waals surface area (Å²) >= 11 is 0. The molecule has 0 atom stereocenters. The molecule has 1 fully saturated rings. The molecule has 0 aliphatic heterocycles. The van der Waals surface area contributed by atoms with Crippen LogP contribution in [-0.4, -0.2) is 29.2 Å². The first kappa shape index (κ1) is 11.1. The van der Waals surface area contributed by atoms with Gasteiger partial charge in [-0.3, -0.25) is 4.79 Å². The second kappa shape index (κ2) is 5.12. The summed E-state index contributed by atoms with van der Waals surface area (Å²) in [5.74, 6) is 0.215. The van der Waals surface area contributed by atoms with Gasteiger partial charge in [-0.25, -0.2) is 4.98 Å². The van der Waals surface area contributed by atoms with Gasteiger partial charge in [0, 0.05) is 25.0 Å². The van der Waals surface area contributed by atoms with Gasteiger partial charge in [0.05, 0.1) is 0 Å². The number of nitrogens with one attached hydrogen (secondary N) is 1. The Hall–Kier alpha value is -1.36. The predicted molar refractivity (Wildman–Crippen MR) is 60.8 cm³/mol. The zero-order valence-corrected chi connectivity index (χ0v) is 9.48. The Morgan fingerprint density at radius 3 is 3.12 bits per heavy atom. The molecule has 0 saturated heterocycles. The molecule has 5 heteroatoms. The molecule has 0 unspecified atom stereocenters. The average Bonchev–Trinajstić information content (AvgIpc) is 3.10. The predicted octanol–water partition coefficient (Wildman–Crippen LogP) is 0.566. The Morgan fingerprint density at radius 2 is 2.44 bits per heavy atom. The molecule has 0 amide bonds. The molecule has 5 nitrogen and oxygen atoms in total. The highest BCUT2D eigenvalue weighted by atomic mass is 16.5. The van der Waals surface area contributed by atoms with Crippen molar-refractivity contribution in [3.63, 3.8) is 0 Å². The van der Waals surface area contributed by atoms with Gasteiger partial charge in [0.2, 0.25) is 0 Å². The van der Waals surface area contributed by atoms with Crippen LogP contribution in [-0.2, 0) is 0 Å². The maximum Gasteiger partial charge on any atom is 0.313 e. The minimum Gasteiger partial charge on any atom is -0.472 e. The third-order valence-corrected chi connectivity index (χ3v) is 2.54. The van der Waals surface area contributed by atoms with Crippen LogP contribution < -0.4 is 15.6 Å². The maximum atomic E-state index is 11.9. The van der Waals surface area contributed by atoms with Crippen LogP contribution in [0.1, 0.15) is 25.8 Å². The van der Waals surface area contributed by atoms with Crippen molar-refractivity contribution in [3.8, 4) is 5.88 Å². The largest absolute Gasteiger partial charge is 0.472 e. The van der Waals surface area contributed by atoms with Gasteiger partial charge in [-0.05, 0) is 19.4 Å². The van der Waals surface area contributed by atoms with E-state index in [2.05, 4.69) is 10.3 Å². The van der Waals surface area contributed by atoms with Crippen LogP contribution in [0.2, 0.25) is 0 Å². The molecule has 16 heavy (non-hydrogen) atoms. The molecule has 1 heterocycles. The molecule has 0 spiro atoms. The Bertz CT molecular complexity index is 398. The lowest BCUT2D eigenvalue weighted by molar-refractivity contribution is 0.296. The normalized spacial score (nSPS) is 15.1. The molecule has 1 saturated carbocycles. The second-order valence-electron chi connectivity index (χ2n) is 3.88. The third-order valence-electron chi connectivity index (χ3n) is 2.54. The van der Waals surface area contributed by atoms with Gasteiger partial charge >= 0.3 is 5.56 Å². The van der Waals surface area contributed by atoms with E-state index in [1.807, 2.05) is 6.92 Å². The van der Waals surface area contributed by atoms with Crippen molar-refractivity contribution in [1.29, 1.82) is 0 Å². The Labute approximate surface area is 94.5 Å². The van der Waals surface area contributed by atoms with Crippen molar-refractivity contribution in [3.05, 3.63) is 22.7 Å². The smallest absolute Gasteiger partial charge is 0.313 e. The summed E-state index contributed by atoms with van der Waals surface area (Å²) in [4.78, 5) is 15.8. The summed E-state index contributed by atoms with van der Waals surface area (Å²) in [6.07, 6.45) is 5.53. The van der Waals surface area contributed by atoms with Gasteiger partial charge in [0.1, 0.15) is 6.61 Å². The number of hydrogen-bond donors (Lipinski definition) is 1. The number of ether oxygens (including phenoxy) is 1. The number of aromatic nitrogens is 2. The van der Waals surface area contributed by atoms with Crippen molar-refractivity contribution in [1.82, 2.24) is 14.9 Å². The van der Waals surface area contributed by atoms with Crippen molar-refractivity contribution in [2.75, 3.05) is 19.7 Å². The Balaban J connectivity index is 1.98. The van der Waals surface area contributed by atoms with Gasteiger partial charge in [0.15, 0.2) is 0 Å². The molecule has 1 aliphatic rings. The van der Waals surface area contributed by atoms with E-state index in [1.165, 1.54) is 0 Å². The minimum absolute atomic E-state index is 0.110. The first-order valence-electron chi connectivity index (χ1n) is 5.73. The van der Waals surface area contributed by atoms with E-state index in [-0.39, 0.29) is 11.4 Å². The highest BCUT2D eigenvalue weighted by molar-refractivity contribution is 5.06. The van der Waals surface area contributed by atoms with Crippen molar-refractivity contribution in [2.24, 2.45) is 0 Å². The maximum absolute atomic E-state index is 11.9. The fourth-order valence-electron chi connectivity index (χ4n) is 1.54. The SMILES string of the molecule is CCNCCOc1nccn(C2CC2)c1=O. The molecule has 1 aliphatic carbocycles. The van der Waals surface area contributed by atoms with Crippen LogP contribution in [0.25, 0.3) is 0 Å². The van der Waals surface area contributed by atoms with Crippen LogP contribution in [0, 0.1) is 0 Å². The number of hydrogen-bond acceptors (Lipinski definition) is 4. The fraction of sp³-hybridized carbons (Fsp3) is 0.636. The van der Waals surface area contributed by atoms with Gasteiger partial charge in [0.25, 0.3) is 5.88 Å². The Morgan fingerprint density at radius 1 is 1.62 bits per heavy atom. The van der Waals surface area contributed by atoms with E-state index < -0.39 is 0 Å². The van der Waals surface area contributed by atoms with Gasteiger partial charge in [-0.1, -0.05) is 6.92 Å². The minimum atomic E-state index is -0.110. The zero-order valence-electron chi connectivity index (χ0n) is 9.48. The van der Waals surface area contributed by atoms with E-state index in [0.29, 0.717) is 12.6 Å². The molecular weight excluding hydrogens is 206 g/mol. The van der Waals surface area contributed by atoms with E-state index >= 15 is 0 Å². The molecule has 2 rings (SSSR count). The molecule has 1 aromatic rings. The first-order valence-corrected chi connectivity index (χ1v) is 5.73. The van der Waals surface area contributed by atoms with E-state index in [1.54, 1.807) is 17.0 Å². The van der Waals surface area contributed by atoms with Crippen LogP contribution in [0.5, 0.6) is 5.88 Å². The van der Waals surface area contributed by atoms with Gasteiger partial charge in [-0.15, -0.1) is 0 Å². The molecule has 88 valence electrons. The summed E-state index contributed by atoms with van der Waals surface area (Å²) < 4.78 is 7.07. The number of rotatable bonds is 6. The Kier molecular flexibility index (Phi) is 3.56. The number of nitrogens with zero attached hydrogens (tertiary/aromatic N) is 2. The van der Waals surface area contributed by atoms with E-state index in [9.17, 15) is 4.79 Å². The summed E-state index contributed by atoms with van der Waals surface area (Å²) in [5.41, 5.74) is -0.110. The lowest BCUT2D eigenvalue weighted by Crippen LogP contribution is -2.25. The molecular formula is C11H17N3O2. The lowest BCUT2D eigenvalue weighted by atomic mass is 10.5. The molecule has 0 bridgehead atoms. The summed E-state index contributed by atoms with van der Waals surface area (Å²) in [5, 5.41) is 3.13. The van der Waals surface area contributed by atoms with Crippen LogP contribution in [0.4, 0.5) is 0 Å². The molecule has 0 radical (unpaired) electrons. The van der Waals surface area contributed by atoms with Gasteiger partial charge < -0.3 is 14.6 Å². The third kappa shape index (κ3) is 2.61. The monoisotopic (exact) mass is 223 g/mol. The lowest BCUT2D eigenvalue weighted by Gasteiger charge is -2.07. The highest BCUT2D eigenvalue weighted by Crippen LogP contribution is 2.33. The van der Waals surface area contributed by atoms with Gasteiger partial charge in [-0.2, -0.15) is 0 Å². The second-order valence-corrected chi connectivity index (χ2v) is 3.88. The molecule has 1 N–H and O–H groups in total. The van der Waals surface area contributed by atoms with Crippen molar-refractivity contribution >= 4 is 0 Å². The fourth-order valence-corrected chi connectivity index (χ4v) is 1.54. The number of likely N-dealkylation sites (N-methyl/N-ethyl adjacent to an activating group) is 1. The standard InChI is InChI=1S/C11H17N3O2/c1-2-12-6-8-16-10-11(15)14(7-5-13-10)9-3-4-9/h5,7,9,12H,2-4,6,8H2,1H3. The first-order chi connectivity index (χ1) is 7.83. The van der Waals surface area contributed by atoms with E-state index in [0.717, 1.165) is 25.9 Å². The van der Waals surface area contributed by atoms with Crippen LogP contribution in [0.3, 0.4) is 0 Å². The zero-order chi connectivity index (χ0) is 11.4. The summed E-state index contributed by atoms with van der Waals surface area (Å²) in [7, 11) is 0. The quantitative estimate of drug-likeness (QED) is 0.716. The van der Waals surface area contributed by atoms with Crippen LogP contribution >= 0.6 is 0 Å². The average molecular weight is 223 g/mol. The summed E-state index contributed by atoms with van der Waals surface area (Å²) in [6, 6.07) is 0.367. The highest BCUT2D eigenvalue weighted by Gasteiger charge is 2.25. The topological polar surface area (TPSA) is 56.1 Å².